The van der Waals surface area contributed by atoms with Crippen LogP contribution in [-0.4, -0.2) is 51.3 Å². The Morgan fingerprint density at radius 2 is 2.00 bits per heavy atom. The molecule has 0 heterocycles. The third-order valence-electron chi connectivity index (χ3n) is 2.10. The summed E-state index contributed by atoms with van der Waals surface area (Å²) in [6, 6.07) is 0. The van der Waals surface area contributed by atoms with Gasteiger partial charge in [0.25, 0.3) is 0 Å². The van der Waals surface area contributed by atoms with E-state index in [-0.39, 0.29) is 0 Å². The lowest BCUT2D eigenvalue weighted by molar-refractivity contribution is 0.115. The highest BCUT2D eigenvalue weighted by Gasteiger charge is 2.00. The third kappa shape index (κ3) is 8.22. The highest BCUT2D eigenvalue weighted by atomic mass is 16.5. The van der Waals surface area contributed by atoms with E-state index in [0.717, 1.165) is 32.8 Å². The summed E-state index contributed by atoms with van der Waals surface area (Å²) >= 11 is 0. The fourth-order valence-corrected chi connectivity index (χ4v) is 1.25. The average Bonchev–Trinajstić information content (AvgIpc) is 2.16. The summed E-state index contributed by atoms with van der Waals surface area (Å²) in [6.45, 7) is 10.4. The van der Waals surface area contributed by atoms with Crippen molar-refractivity contribution in [3.05, 3.63) is 0 Å². The van der Waals surface area contributed by atoms with Crippen LogP contribution in [0.15, 0.2) is 0 Å². The topological polar surface area (TPSA) is 24.5 Å². The predicted octanol–water partition coefficient (Wildman–Crippen LogP) is 0.954. The highest BCUT2D eigenvalue weighted by molar-refractivity contribution is 4.55. The first-order valence-electron chi connectivity index (χ1n) is 5.29. The van der Waals surface area contributed by atoms with Crippen LogP contribution in [0.4, 0.5) is 0 Å². The van der Waals surface area contributed by atoms with Gasteiger partial charge in [0.15, 0.2) is 0 Å². The molecule has 0 radical (unpaired) electrons. The van der Waals surface area contributed by atoms with Crippen molar-refractivity contribution in [2.45, 2.75) is 20.3 Å². The minimum atomic E-state index is 0.827. The number of hydrogen-bond acceptors (Lipinski definition) is 3. The zero-order valence-electron chi connectivity index (χ0n) is 9.31. The lowest BCUT2D eigenvalue weighted by Crippen LogP contribution is -2.30. The molecule has 0 atom stereocenters. The molecule has 0 aromatic heterocycles. The molecule has 3 heteroatoms. The van der Waals surface area contributed by atoms with Gasteiger partial charge in [-0.3, -0.25) is 0 Å². The van der Waals surface area contributed by atoms with Crippen LogP contribution in [0.2, 0.25) is 0 Å². The molecule has 0 unspecified atom stereocenters. The Bertz CT molecular complexity index is 88.9. The Morgan fingerprint density at radius 3 is 2.54 bits per heavy atom. The standard InChI is InChI=1S/C10H24N2O/c1-4-12(8-6-7-11-3)9-10-13-5-2/h11H,4-10H2,1-3H3. The fourth-order valence-electron chi connectivity index (χ4n) is 1.25. The third-order valence-corrected chi connectivity index (χ3v) is 2.10. The molecular weight excluding hydrogens is 164 g/mol. The van der Waals surface area contributed by atoms with E-state index in [9.17, 15) is 0 Å². The predicted molar refractivity (Wildman–Crippen MR) is 57.2 cm³/mol. The maximum atomic E-state index is 5.31. The molecule has 80 valence electrons. The van der Waals surface area contributed by atoms with Gasteiger partial charge in [0.05, 0.1) is 6.61 Å². The molecule has 0 aliphatic carbocycles. The number of ether oxygens (including phenoxy) is 1. The van der Waals surface area contributed by atoms with Gasteiger partial charge in [-0.1, -0.05) is 6.92 Å². The Hall–Kier alpha value is -0.120. The van der Waals surface area contributed by atoms with Gasteiger partial charge in [-0.25, -0.2) is 0 Å². The minimum absolute atomic E-state index is 0.827. The molecular formula is C10H24N2O. The van der Waals surface area contributed by atoms with Crippen LogP contribution in [0, 0.1) is 0 Å². The van der Waals surface area contributed by atoms with Crippen molar-refractivity contribution in [1.82, 2.24) is 10.2 Å². The molecule has 0 aliphatic rings. The monoisotopic (exact) mass is 188 g/mol. The zero-order chi connectivity index (χ0) is 9.94. The number of likely N-dealkylation sites (N-methyl/N-ethyl adjacent to an activating group) is 1. The normalized spacial score (nSPS) is 11.1. The molecule has 0 amide bonds. The smallest absolute Gasteiger partial charge is 0.0593 e. The summed E-state index contributed by atoms with van der Waals surface area (Å²) in [5, 5.41) is 3.16. The van der Waals surface area contributed by atoms with Gasteiger partial charge >= 0.3 is 0 Å². The summed E-state index contributed by atoms with van der Waals surface area (Å²) in [5.74, 6) is 0. The van der Waals surface area contributed by atoms with Gasteiger partial charge in [-0.05, 0) is 40.0 Å². The largest absolute Gasteiger partial charge is 0.380 e. The van der Waals surface area contributed by atoms with Crippen LogP contribution in [0.5, 0.6) is 0 Å². The van der Waals surface area contributed by atoms with Crippen molar-refractivity contribution in [2.24, 2.45) is 0 Å². The van der Waals surface area contributed by atoms with Gasteiger partial charge in [-0.2, -0.15) is 0 Å². The zero-order valence-corrected chi connectivity index (χ0v) is 9.31. The first kappa shape index (κ1) is 12.9. The van der Waals surface area contributed by atoms with Crippen molar-refractivity contribution in [3.63, 3.8) is 0 Å². The first-order valence-corrected chi connectivity index (χ1v) is 5.29. The summed E-state index contributed by atoms with van der Waals surface area (Å²) in [4.78, 5) is 2.42. The molecule has 3 nitrogen and oxygen atoms in total. The molecule has 0 rings (SSSR count). The quantitative estimate of drug-likeness (QED) is 0.545. The van der Waals surface area contributed by atoms with Crippen molar-refractivity contribution < 1.29 is 4.74 Å². The molecule has 0 aromatic carbocycles. The van der Waals surface area contributed by atoms with Gasteiger partial charge in [0.2, 0.25) is 0 Å². The van der Waals surface area contributed by atoms with Crippen LogP contribution in [0.3, 0.4) is 0 Å². The molecule has 0 aromatic rings. The average molecular weight is 188 g/mol. The van der Waals surface area contributed by atoms with E-state index in [1.807, 2.05) is 14.0 Å². The van der Waals surface area contributed by atoms with Crippen molar-refractivity contribution in [3.8, 4) is 0 Å². The lowest BCUT2D eigenvalue weighted by atomic mass is 10.3. The first-order chi connectivity index (χ1) is 6.35. The maximum Gasteiger partial charge on any atom is 0.0593 e. The Labute approximate surface area is 82.4 Å². The van der Waals surface area contributed by atoms with Crippen LogP contribution < -0.4 is 5.32 Å². The number of hydrogen-bond donors (Lipinski definition) is 1. The molecule has 0 saturated heterocycles. The van der Waals surface area contributed by atoms with E-state index in [2.05, 4.69) is 17.1 Å². The second kappa shape index (κ2) is 9.96. The van der Waals surface area contributed by atoms with Crippen molar-refractivity contribution in [1.29, 1.82) is 0 Å². The Kier molecular flexibility index (Phi) is 9.87. The van der Waals surface area contributed by atoms with Gasteiger partial charge in [0, 0.05) is 13.2 Å². The van der Waals surface area contributed by atoms with E-state index in [1.54, 1.807) is 0 Å². The number of nitrogens with one attached hydrogen (secondary N) is 1. The lowest BCUT2D eigenvalue weighted by Gasteiger charge is -2.19. The van der Waals surface area contributed by atoms with E-state index in [0.29, 0.717) is 0 Å². The fraction of sp³-hybridized carbons (Fsp3) is 1.00. The second-order valence-electron chi connectivity index (χ2n) is 3.09. The number of nitrogens with zero attached hydrogens (tertiary/aromatic N) is 1. The van der Waals surface area contributed by atoms with E-state index < -0.39 is 0 Å². The van der Waals surface area contributed by atoms with Crippen molar-refractivity contribution >= 4 is 0 Å². The van der Waals surface area contributed by atoms with E-state index in [1.165, 1.54) is 13.0 Å². The van der Waals surface area contributed by atoms with Crippen LogP contribution >= 0.6 is 0 Å². The van der Waals surface area contributed by atoms with Crippen LogP contribution in [0.1, 0.15) is 20.3 Å². The molecule has 0 fully saturated rings. The van der Waals surface area contributed by atoms with Gasteiger partial charge < -0.3 is 15.0 Å². The Morgan fingerprint density at radius 1 is 1.23 bits per heavy atom. The molecule has 0 aliphatic heterocycles. The summed E-state index contributed by atoms with van der Waals surface area (Å²) < 4.78 is 5.31. The van der Waals surface area contributed by atoms with E-state index >= 15 is 0 Å². The molecule has 13 heavy (non-hydrogen) atoms. The van der Waals surface area contributed by atoms with E-state index in [4.69, 9.17) is 4.74 Å². The molecule has 1 N–H and O–H groups in total. The van der Waals surface area contributed by atoms with Crippen molar-refractivity contribution in [2.75, 3.05) is 46.4 Å². The summed E-state index contributed by atoms with van der Waals surface area (Å²) in [5.41, 5.74) is 0. The van der Waals surface area contributed by atoms with Gasteiger partial charge in [-0.15, -0.1) is 0 Å². The SMILES string of the molecule is CCOCCN(CC)CCCNC. The molecule has 0 spiro atoms. The van der Waals surface area contributed by atoms with Crippen LogP contribution in [-0.2, 0) is 4.74 Å². The van der Waals surface area contributed by atoms with Crippen LogP contribution in [0.25, 0.3) is 0 Å². The highest BCUT2D eigenvalue weighted by Crippen LogP contribution is 1.90. The Balaban J connectivity index is 3.28. The number of rotatable bonds is 9. The second-order valence-corrected chi connectivity index (χ2v) is 3.09. The summed E-state index contributed by atoms with van der Waals surface area (Å²) in [7, 11) is 2.00. The maximum absolute atomic E-state index is 5.31. The minimum Gasteiger partial charge on any atom is -0.380 e. The molecule has 0 bridgehead atoms. The van der Waals surface area contributed by atoms with Gasteiger partial charge in [0.1, 0.15) is 0 Å². The summed E-state index contributed by atoms with van der Waals surface area (Å²) in [6.07, 6.45) is 1.22. The molecule has 0 saturated carbocycles.